The molecule has 13 heteroatoms. The monoisotopic (exact) mass is 604 g/mol. The summed E-state index contributed by atoms with van der Waals surface area (Å²) in [6.07, 6.45) is -0.147. The van der Waals surface area contributed by atoms with E-state index >= 15 is 0 Å². The van der Waals surface area contributed by atoms with E-state index in [4.69, 9.17) is 21.3 Å². The van der Waals surface area contributed by atoms with E-state index in [0.717, 1.165) is 16.8 Å². The number of carbonyl (C=O) groups excluding carboxylic acids is 2. The van der Waals surface area contributed by atoms with Crippen molar-refractivity contribution < 1.29 is 24.4 Å². The van der Waals surface area contributed by atoms with Gasteiger partial charge in [-0.2, -0.15) is 0 Å². The Labute approximate surface area is 255 Å². The van der Waals surface area contributed by atoms with E-state index in [9.17, 15) is 19.6 Å². The van der Waals surface area contributed by atoms with Gasteiger partial charge in [-0.05, 0) is 61.8 Å². The zero-order valence-corrected chi connectivity index (χ0v) is 24.6. The van der Waals surface area contributed by atoms with Crippen LogP contribution >= 0.6 is 11.6 Å². The van der Waals surface area contributed by atoms with Crippen molar-refractivity contribution >= 4 is 47.4 Å². The number of fused-ring (bicyclic) bond motifs is 3. The minimum atomic E-state index is -1.65. The molecule has 224 valence electrons. The maximum atomic E-state index is 12.7. The molecule has 0 saturated carbocycles. The third kappa shape index (κ3) is 7.01. The Bertz CT molecular complexity index is 1500. The van der Waals surface area contributed by atoms with Crippen LogP contribution in [-0.4, -0.2) is 72.8 Å². The average Bonchev–Trinajstić information content (AvgIpc) is 3.32. The molecule has 1 fully saturated rings. The third-order valence-corrected chi connectivity index (χ3v) is 7.56. The van der Waals surface area contributed by atoms with Gasteiger partial charge in [0.05, 0.1) is 30.9 Å². The Morgan fingerprint density at radius 3 is 2.60 bits per heavy atom. The SMILES string of the molecule is CCNC(=O)CC1N=C(c2ccc(Cl)cc2)c2cc(OCCNC(=O)c3cccc(B(O)O)c3)ccc2N2C(C)NNC12. The molecule has 2 aliphatic heterocycles. The molecule has 43 heavy (non-hydrogen) atoms. The minimum Gasteiger partial charge on any atom is -0.492 e. The lowest BCUT2D eigenvalue weighted by atomic mass is 9.79. The van der Waals surface area contributed by atoms with Crippen LogP contribution in [0.1, 0.15) is 41.8 Å². The summed E-state index contributed by atoms with van der Waals surface area (Å²) in [5.74, 6) is 0.160. The number of anilines is 1. The molecule has 3 aromatic rings. The van der Waals surface area contributed by atoms with Crippen LogP contribution in [0.4, 0.5) is 5.69 Å². The second-order valence-corrected chi connectivity index (χ2v) is 10.7. The number of ether oxygens (including phenoxy) is 1. The highest BCUT2D eigenvalue weighted by molar-refractivity contribution is 6.58. The van der Waals surface area contributed by atoms with Gasteiger partial charge in [0.2, 0.25) is 5.91 Å². The molecular weight excluding hydrogens is 571 g/mol. The first kappa shape index (κ1) is 30.5. The number of hydrogen-bond donors (Lipinski definition) is 6. The Hall–Kier alpha value is -3.94. The van der Waals surface area contributed by atoms with Crippen molar-refractivity contribution in [2.24, 2.45) is 4.99 Å². The van der Waals surface area contributed by atoms with Crippen LogP contribution in [0.5, 0.6) is 5.75 Å². The Balaban J connectivity index is 1.39. The lowest BCUT2D eigenvalue weighted by Gasteiger charge is -2.31. The predicted octanol–water partition coefficient (Wildman–Crippen LogP) is 1.16. The summed E-state index contributed by atoms with van der Waals surface area (Å²) in [7, 11) is -1.65. The summed E-state index contributed by atoms with van der Waals surface area (Å²) >= 11 is 6.20. The molecule has 0 aromatic heterocycles. The van der Waals surface area contributed by atoms with Gasteiger partial charge in [0, 0.05) is 33.9 Å². The van der Waals surface area contributed by atoms with Gasteiger partial charge in [0.15, 0.2) is 0 Å². The van der Waals surface area contributed by atoms with E-state index in [1.807, 2.05) is 56.3 Å². The van der Waals surface area contributed by atoms with Gasteiger partial charge >= 0.3 is 7.12 Å². The van der Waals surface area contributed by atoms with Crippen LogP contribution < -0.4 is 36.6 Å². The van der Waals surface area contributed by atoms with Gasteiger partial charge in [-0.1, -0.05) is 35.9 Å². The van der Waals surface area contributed by atoms with Crippen molar-refractivity contribution in [2.75, 3.05) is 24.6 Å². The summed E-state index contributed by atoms with van der Waals surface area (Å²) in [4.78, 5) is 32.6. The Morgan fingerprint density at radius 2 is 1.86 bits per heavy atom. The molecule has 2 aliphatic rings. The standard InChI is InChI=1S/C30H34BClN6O5/c1-3-33-27(39)17-25-29-37-36-18(2)38(29)26-12-11-23(16-24(26)28(35-25)19-7-9-22(32)10-8-19)43-14-13-34-30(40)20-5-4-6-21(15-20)31(41)42/h4-12,15-16,18,25,29,36-37,41-42H,3,13-14,17H2,1-2H3,(H,33,39)(H,34,40). The van der Waals surface area contributed by atoms with Crippen LogP contribution in [0.25, 0.3) is 0 Å². The van der Waals surface area contributed by atoms with E-state index < -0.39 is 13.2 Å². The molecule has 0 radical (unpaired) electrons. The molecule has 0 bridgehead atoms. The highest BCUT2D eigenvalue weighted by atomic mass is 35.5. The van der Waals surface area contributed by atoms with Gasteiger partial charge in [0.25, 0.3) is 5.91 Å². The minimum absolute atomic E-state index is 0.0762. The first-order valence-corrected chi connectivity index (χ1v) is 14.5. The van der Waals surface area contributed by atoms with E-state index in [1.165, 1.54) is 12.1 Å². The summed E-state index contributed by atoms with van der Waals surface area (Å²) in [6, 6.07) is 19.0. The molecule has 0 aliphatic carbocycles. The Kier molecular flexibility index (Phi) is 9.64. The highest BCUT2D eigenvalue weighted by Gasteiger charge is 2.40. The predicted molar refractivity (Wildman–Crippen MR) is 167 cm³/mol. The van der Waals surface area contributed by atoms with Crippen LogP contribution in [0.3, 0.4) is 0 Å². The van der Waals surface area contributed by atoms with Crippen molar-refractivity contribution in [3.8, 4) is 5.75 Å². The second-order valence-electron chi connectivity index (χ2n) is 10.3. The number of amides is 2. The number of benzene rings is 3. The molecular formula is C30H34BClN6O5. The number of hydrogen-bond acceptors (Lipinski definition) is 9. The topological polar surface area (TPSA) is 148 Å². The quantitative estimate of drug-likeness (QED) is 0.149. The Morgan fingerprint density at radius 1 is 1.07 bits per heavy atom. The van der Waals surface area contributed by atoms with Crippen LogP contribution in [-0.2, 0) is 4.79 Å². The molecule has 2 amide bonds. The normalized spacial score (nSPS) is 19.0. The molecule has 11 nitrogen and oxygen atoms in total. The lowest BCUT2D eigenvalue weighted by molar-refractivity contribution is -0.121. The zero-order chi connectivity index (χ0) is 30.5. The van der Waals surface area contributed by atoms with Crippen molar-refractivity contribution in [2.45, 2.75) is 38.6 Å². The van der Waals surface area contributed by atoms with Crippen molar-refractivity contribution in [1.82, 2.24) is 21.5 Å². The van der Waals surface area contributed by atoms with E-state index in [1.54, 1.807) is 12.1 Å². The van der Waals surface area contributed by atoms with Crippen molar-refractivity contribution in [1.29, 1.82) is 0 Å². The second kappa shape index (κ2) is 13.6. The molecule has 6 N–H and O–H groups in total. The van der Waals surface area contributed by atoms with E-state index in [0.29, 0.717) is 28.6 Å². The van der Waals surface area contributed by atoms with E-state index in [2.05, 4.69) is 26.4 Å². The number of halogens is 1. The highest BCUT2D eigenvalue weighted by Crippen LogP contribution is 2.36. The molecule has 0 spiro atoms. The zero-order valence-electron chi connectivity index (χ0n) is 23.9. The fraction of sp³-hybridized carbons (Fsp3) is 0.300. The molecule has 3 aromatic carbocycles. The fourth-order valence-corrected chi connectivity index (χ4v) is 5.41. The van der Waals surface area contributed by atoms with Crippen LogP contribution in [0, 0.1) is 0 Å². The number of aliphatic imine (C=N–C) groups is 1. The summed E-state index contributed by atoms with van der Waals surface area (Å²) in [5, 5.41) is 25.0. The van der Waals surface area contributed by atoms with Crippen LogP contribution in [0.15, 0.2) is 71.7 Å². The van der Waals surface area contributed by atoms with Gasteiger partial charge < -0.3 is 30.3 Å². The third-order valence-electron chi connectivity index (χ3n) is 7.31. The molecule has 3 unspecified atom stereocenters. The van der Waals surface area contributed by atoms with Gasteiger partial charge in [-0.25, -0.2) is 10.9 Å². The number of hydrazine groups is 1. The average molecular weight is 605 g/mol. The van der Waals surface area contributed by atoms with Gasteiger partial charge in [-0.3, -0.25) is 14.6 Å². The first-order chi connectivity index (χ1) is 20.7. The van der Waals surface area contributed by atoms with Crippen molar-refractivity contribution in [3.05, 3.63) is 88.4 Å². The van der Waals surface area contributed by atoms with Gasteiger partial charge in [-0.15, -0.1) is 0 Å². The largest absolute Gasteiger partial charge is 0.492 e. The number of nitrogens with zero attached hydrogens (tertiary/aromatic N) is 2. The van der Waals surface area contributed by atoms with Gasteiger partial charge in [0.1, 0.15) is 18.5 Å². The molecule has 1 saturated heterocycles. The number of rotatable bonds is 10. The lowest BCUT2D eigenvalue weighted by Crippen LogP contribution is -2.47. The van der Waals surface area contributed by atoms with Crippen molar-refractivity contribution in [3.63, 3.8) is 0 Å². The molecule has 3 atom stereocenters. The smallest absolute Gasteiger partial charge is 0.488 e. The maximum absolute atomic E-state index is 12.7. The summed E-state index contributed by atoms with van der Waals surface area (Å²) < 4.78 is 6.04. The first-order valence-electron chi connectivity index (χ1n) is 14.2. The summed E-state index contributed by atoms with van der Waals surface area (Å²) in [5.41, 5.74) is 10.5. The molecule has 5 rings (SSSR count). The maximum Gasteiger partial charge on any atom is 0.488 e. The van der Waals surface area contributed by atoms with E-state index in [-0.39, 0.29) is 49.2 Å². The summed E-state index contributed by atoms with van der Waals surface area (Å²) in [6.45, 7) is 4.89. The fourth-order valence-electron chi connectivity index (χ4n) is 5.28. The number of nitrogens with one attached hydrogen (secondary N) is 4. The van der Waals surface area contributed by atoms with Crippen LogP contribution in [0.2, 0.25) is 5.02 Å². The number of carbonyl (C=O) groups is 2. The molecule has 2 heterocycles.